The van der Waals surface area contributed by atoms with Crippen molar-refractivity contribution in [3.8, 4) is 0 Å². The summed E-state index contributed by atoms with van der Waals surface area (Å²) < 4.78 is 0. The van der Waals surface area contributed by atoms with Crippen molar-refractivity contribution in [2.75, 3.05) is 17.6 Å². The normalized spacial score (nSPS) is 11.5. The highest BCUT2D eigenvalue weighted by molar-refractivity contribution is 5.56. The molecule has 0 atom stereocenters. The van der Waals surface area contributed by atoms with Gasteiger partial charge in [-0.05, 0) is 42.5 Å². The monoisotopic (exact) mass is 206 g/mol. The summed E-state index contributed by atoms with van der Waals surface area (Å²) in [5, 5.41) is 3.45. The molecular weight excluding hydrogens is 184 g/mol. The molecule has 2 nitrogen and oxygen atoms in total. The van der Waals surface area contributed by atoms with E-state index < -0.39 is 0 Å². The van der Waals surface area contributed by atoms with Gasteiger partial charge in [0.2, 0.25) is 0 Å². The van der Waals surface area contributed by atoms with Gasteiger partial charge < -0.3 is 11.1 Å². The maximum Gasteiger partial charge on any atom is 0.0345 e. The second kappa shape index (κ2) is 4.56. The largest absolute Gasteiger partial charge is 0.399 e. The van der Waals surface area contributed by atoms with Gasteiger partial charge in [-0.2, -0.15) is 0 Å². The van der Waals surface area contributed by atoms with Gasteiger partial charge in [0.15, 0.2) is 0 Å². The van der Waals surface area contributed by atoms with Crippen LogP contribution < -0.4 is 11.1 Å². The zero-order valence-corrected chi connectivity index (χ0v) is 10.2. The highest BCUT2D eigenvalue weighted by Crippen LogP contribution is 2.22. The van der Waals surface area contributed by atoms with E-state index in [0.29, 0.717) is 5.41 Å². The van der Waals surface area contributed by atoms with E-state index in [1.165, 1.54) is 6.42 Å². The summed E-state index contributed by atoms with van der Waals surface area (Å²) in [6.45, 7) is 9.78. The predicted molar refractivity (Wildman–Crippen MR) is 68.2 cm³/mol. The topological polar surface area (TPSA) is 38.0 Å². The lowest BCUT2D eigenvalue weighted by Crippen LogP contribution is -2.21. The van der Waals surface area contributed by atoms with E-state index in [9.17, 15) is 0 Å². The molecule has 0 heterocycles. The fraction of sp³-hybridized carbons (Fsp3) is 0.538. The number of rotatable bonds is 4. The van der Waals surface area contributed by atoms with Crippen molar-refractivity contribution in [3.05, 3.63) is 23.8 Å². The number of anilines is 2. The van der Waals surface area contributed by atoms with Crippen molar-refractivity contribution in [1.82, 2.24) is 0 Å². The Kier molecular flexibility index (Phi) is 3.61. The van der Waals surface area contributed by atoms with Gasteiger partial charge in [-0.3, -0.25) is 0 Å². The third kappa shape index (κ3) is 3.46. The summed E-state index contributed by atoms with van der Waals surface area (Å²) in [6.07, 6.45) is 1.17. The average Bonchev–Trinajstić information content (AvgIpc) is 2.20. The minimum atomic E-state index is 0.343. The average molecular weight is 206 g/mol. The SMILES string of the molecule is CCC(C)(C)CNc1ccc(N)c(C)c1. The van der Waals surface area contributed by atoms with Gasteiger partial charge in [0.1, 0.15) is 0 Å². The first-order valence-corrected chi connectivity index (χ1v) is 5.54. The van der Waals surface area contributed by atoms with E-state index in [-0.39, 0.29) is 0 Å². The number of benzene rings is 1. The molecule has 0 bridgehead atoms. The lowest BCUT2D eigenvalue weighted by molar-refractivity contribution is 0.377. The molecule has 0 aliphatic rings. The molecule has 1 rings (SSSR count). The minimum Gasteiger partial charge on any atom is -0.399 e. The molecule has 2 heteroatoms. The van der Waals surface area contributed by atoms with Crippen LogP contribution in [0.25, 0.3) is 0 Å². The Morgan fingerprint density at radius 1 is 1.33 bits per heavy atom. The lowest BCUT2D eigenvalue weighted by atomic mass is 9.90. The predicted octanol–water partition coefficient (Wildman–Crippen LogP) is 3.43. The molecule has 0 radical (unpaired) electrons. The Bertz CT molecular complexity index is 329. The molecule has 1 aromatic rings. The highest BCUT2D eigenvalue weighted by Gasteiger charge is 2.14. The van der Waals surface area contributed by atoms with Gasteiger partial charge in [0.25, 0.3) is 0 Å². The molecular formula is C13H22N2. The maximum atomic E-state index is 5.77. The van der Waals surface area contributed by atoms with Crippen molar-refractivity contribution in [3.63, 3.8) is 0 Å². The Morgan fingerprint density at radius 2 is 2.00 bits per heavy atom. The Hall–Kier alpha value is -1.18. The van der Waals surface area contributed by atoms with E-state index in [1.807, 2.05) is 19.1 Å². The first-order valence-electron chi connectivity index (χ1n) is 5.54. The summed E-state index contributed by atoms with van der Waals surface area (Å²) in [5.41, 5.74) is 9.26. The summed E-state index contributed by atoms with van der Waals surface area (Å²) in [6, 6.07) is 6.09. The molecule has 1 aromatic carbocycles. The van der Waals surface area contributed by atoms with Crippen LogP contribution in [-0.4, -0.2) is 6.54 Å². The quantitative estimate of drug-likeness (QED) is 0.741. The third-order valence-corrected chi connectivity index (χ3v) is 3.00. The van der Waals surface area contributed by atoms with E-state index in [1.54, 1.807) is 0 Å². The van der Waals surface area contributed by atoms with Gasteiger partial charge in [-0.25, -0.2) is 0 Å². The second-order valence-electron chi connectivity index (χ2n) is 4.94. The molecule has 3 N–H and O–H groups in total. The number of aryl methyl sites for hydroxylation is 1. The van der Waals surface area contributed by atoms with Crippen LogP contribution in [0.1, 0.15) is 32.8 Å². The molecule has 84 valence electrons. The summed E-state index contributed by atoms with van der Waals surface area (Å²) in [5.74, 6) is 0. The van der Waals surface area contributed by atoms with Crippen molar-refractivity contribution >= 4 is 11.4 Å². The van der Waals surface area contributed by atoms with E-state index >= 15 is 0 Å². The van der Waals surface area contributed by atoms with Crippen molar-refractivity contribution in [1.29, 1.82) is 0 Å². The van der Waals surface area contributed by atoms with Crippen LogP contribution in [-0.2, 0) is 0 Å². The standard InChI is InChI=1S/C13H22N2/c1-5-13(3,4)9-15-11-6-7-12(14)10(2)8-11/h6-8,15H,5,9,14H2,1-4H3. The van der Waals surface area contributed by atoms with Gasteiger partial charge in [-0.15, -0.1) is 0 Å². The Morgan fingerprint density at radius 3 is 2.53 bits per heavy atom. The fourth-order valence-corrected chi connectivity index (χ4v) is 1.25. The first kappa shape index (κ1) is 11.9. The van der Waals surface area contributed by atoms with Crippen LogP contribution >= 0.6 is 0 Å². The molecule has 0 aliphatic heterocycles. The number of nitrogens with two attached hydrogens (primary N) is 1. The molecule has 0 fully saturated rings. The number of hydrogen-bond donors (Lipinski definition) is 2. The summed E-state index contributed by atoms with van der Waals surface area (Å²) in [7, 11) is 0. The zero-order valence-electron chi connectivity index (χ0n) is 10.2. The van der Waals surface area contributed by atoms with Crippen LogP contribution in [0.3, 0.4) is 0 Å². The molecule has 0 amide bonds. The van der Waals surface area contributed by atoms with Gasteiger partial charge >= 0.3 is 0 Å². The molecule has 0 spiro atoms. The molecule has 0 unspecified atom stereocenters. The molecule has 0 saturated carbocycles. The number of hydrogen-bond acceptors (Lipinski definition) is 2. The highest BCUT2D eigenvalue weighted by atomic mass is 14.9. The van der Waals surface area contributed by atoms with Crippen molar-refractivity contribution in [2.24, 2.45) is 5.41 Å². The van der Waals surface area contributed by atoms with Crippen LogP contribution in [0.15, 0.2) is 18.2 Å². The van der Waals surface area contributed by atoms with E-state index in [0.717, 1.165) is 23.5 Å². The van der Waals surface area contributed by atoms with Gasteiger partial charge in [-0.1, -0.05) is 20.8 Å². The smallest absolute Gasteiger partial charge is 0.0345 e. The van der Waals surface area contributed by atoms with Crippen LogP contribution in [0, 0.1) is 12.3 Å². The van der Waals surface area contributed by atoms with Crippen LogP contribution in [0.4, 0.5) is 11.4 Å². The van der Waals surface area contributed by atoms with E-state index in [2.05, 4.69) is 32.2 Å². The molecule has 15 heavy (non-hydrogen) atoms. The Balaban J connectivity index is 2.62. The summed E-state index contributed by atoms with van der Waals surface area (Å²) in [4.78, 5) is 0. The molecule has 0 aliphatic carbocycles. The molecule has 0 saturated heterocycles. The lowest BCUT2D eigenvalue weighted by Gasteiger charge is -2.23. The van der Waals surface area contributed by atoms with Crippen molar-refractivity contribution in [2.45, 2.75) is 34.1 Å². The molecule has 0 aromatic heterocycles. The van der Waals surface area contributed by atoms with Crippen molar-refractivity contribution < 1.29 is 0 Å². The third-order valence-electron chi connectivity index (χ3n) is 3.00. The van der Waals surface area contributed by atoms with E-state index in [4.69, 9.17) is 5.73 Å². The van der Waals surface area contributed by atoms with Crippen LogP contribution in [0.2, 0.25) is 0 Å². The zero-order chi connectivity index (χ0) is 11.5. The summed E-state index contributed by atoms with van der Waals surface area (Å²) >= 11 is 0. The second-order valence-corrected chi connectivity index (χ2v) is 4.94. The fourth-order valence-electron chi connectivity index (χ4n) is 1.25. The van der Waals surface area contributed by atoms with Gasteiger partial charge in [0.05, 0.1) is 0 Å². The first-order chi connectivity index (χ1) is 6.94. The van der Waals surface area contributed by atoms with Crippen LogP contribution in [0.5, 0.6) is 0 Å². The maximum absolute atomic E-state index is 5.77. The number of nitrogens with one attached hydrogen (secondary N) is 1. The Labute approximate surface area is 92.9 Å². The van der Waals surface area contributed by atoms with Gasteiger partial charge in [0, 0.05) is 17.9 Å². The number of nitrogen functional groups attached to an aromatic ring is 1. The minimum absolute atomic E-state index is 0.343.